The number of amidine groups is 1. The van der Waals surface area contributed by atoms with E-state index in [9.17, 15) is 14.0 Å². The van der Waals surface area contributed by atoms with E-state index in [1.54, 1.807) is 12.3 Å². The number of carbonyl (C=O) groups is 1. The molecule has 38 heavy (non-hydrogen) atoms. The summed E-state index contributed by atoms with van der Waals surface area (Å²) >= 11 is 0. The van der Waals surface area contributed by atoms with Crippen LogP contribution in [0.2, 0.25) is 0 Å². The fourth-order valence-electron chi connectivity index (χ4n) is 3.86. The van der Waals surface area contributed by atoms with Crippen LogP contribution in [0.3, 0.4) is 0 Å². The van der Waals surface area contributed by atoms with Crippen LogP contribution in [-0.4, -0.2) is 27.8 Å². The first-order chi connectivity index (χ1) is 17.9. The summed E-state index contributed by atoms with van der Waals surface area (Å²) in [5, 5.41) is 13.2. The molecule has 0 spiro atoms. The largest absolute Gasteiger partial charge is 0.384 e. The van der Waals surface area contributed by atoms with Crippen LogP contribution in [0, 0.1) is 11.2 Å². The Balaban J connectivity index is 0.00000400. The van der Waals surface area contributed by atoms with Crippen LogP contribution in [0.1, 0.15) is 16.7 Å². The Morgan fingerprint density at radius 3 is 2.34 bits per heavy atom. The molecular formula is C28H28ClFN6O2. The van der Waals surface area contributed by atoms with E-state index < -0.39 is 17.3 Å². The molecule has 3 aromatic carbocycles. The molecule has 0 aliphatic rings. The molecule has 196 valence electrons. The summed E-state index contributed by atoms with van der Waals surface area (Å²) in [6, 6.07) is 23.3. The molecule has 0 bridgehead atoms. The molecule has 0 aliphatic heterocycles. The number of aromatic nitrogens is 2. The van der Waals surface area contributed by atoms with Crippen molar-refractivity contribution in [3.63, 3.8) is 0 Å². The van der Waals surface area contributed by atoms with Crippen molar-refractivity contribution in [1.29, 1.82) is 5.41 Å². The van der Waals surface area contributed by atoms with Crippen molar-refractivity contribution < 1.29 is 9.18 Å². The Morgan fingerprint density at radius 1 is 1.00 bits per heavy atom. The summed E-state index contributed by atoms with van der Waals surface area (Å²) in [6.07, 6.45) is 2.28. The predicted octanol–water partition coefficient (Wildman–Crippen LogP) is 3.73. The molecule has 0 saturated heterocycles. The first-order valence-electron chi connectivity index (χ1n) is 11.7. The Morgan fingerprint density at radius 2 is 1.68 bits per heavy atom. The van der Waals surface area contributed by atoms with Gasteiger partial charge in [0.15, 0.2) is 5.82 Å². The number of anilines is 1. The van der Waals surface area contributed by atoms with Gasteiger partial charge in [0.25, 0.3) is 5.56 Å². The van der Waals surface area contributed by atoms with Gasteiger partial charge >= 0.3 is 0 Å². The zero-order valence-corrected chi connectivity index (χ0v) is 21.3. The van der Waals surface area contributed by atoms with Crippen LogP contribution in [0.4, 0.5) is 10.2 Å². The Bertz CT molecular complexity index is 1460. The highest BCUT2D eigenvalue weighted by molar-refractivity contribution is 5.95. The molecule has 1 amide bonds. The molecule has 10 heteroatoms. The second-order valence-corrected chi connectivity index (χ2v) is 8.42. The number of nitrogens with one attached hydrogen (secondary N) is 3. The average molecular weight is 535 g/mol. The molecule has 8 nitrogen and oxygen atoms in total. The molecular weight excluding hydrogens is 507 g/mol. The Hall–Kier alpha value is -4.50. The molecule has 0 unspecified atom stereocenters. The Kier molecular flexibility index (Phi) is 9.72. The number of nitrogens with zero attached hydrogens (tertiary/aromatic N) is 2. The van der Waals surface area contributed by atoms with Crippen LogP contribution in [0.15, 0.2) is 89.9 Å². The molecule has 0 fully saturated rings. The molecule has 5 N–H and O–H groups in total. The fraction of sp³-hybridized carbons (Fsp3) is 0.143. The highest BCUT2D eigenvalue weighted by Crippen LogP contribution is 2.18. The smallest absolute Gasteiger partial charge is 0.294 e. The molecule has 0 saturated carbocycles. The molecule has 4 aromatic rings. The van der Waals surface area contributed by atoms with E-state index in [0.29, 0.717) is 24.2 Å². The minimum absolute atomic E-state index is 0. The maximum Gasteiger partial charge on any atom is 0.294 e. The van der Waals surface area contributed by atoms with E-state index in [4.69, 9.17) is 11.1 Å². The number of nitrogens with two attached hydrogens (primary N) is 1. The van der Waals surface area contributed by atoms with E-state index in [1.807, 2.05) is 60.7 Å². The SMILES string of the molecule is Cl.N=C(N)c1ccc(CNC(=O)Cn2c(-c3ccccc3)cnc(NCCc3ccccc3)c2=O)cc1F. The van der Waals surface area contributed by atoms with Crippen molar-refractivity contribution in [3.05, 3.63) is 118 Å². The lowest BCUT2D eigenvalue weighted by Crippen LogP contribution is -2.34. The van der Waals surface area contributed by atoms with Gasteiger partial charge in [0.1, 0.15) is 18.2 Å². The number of rotatable bonds is 10. The summed E-state index contributed by atoms with van der Waals surface area (Å²) in [6.45, 7) is 0.314. The number of carbonyl (C=O) groups excluding carboxylic acids is 1. The van der Waals surface area contributed by atoms with Crippen molar-refractivity contribution in [2.24, 2.45) is 5.73 Å². The van der Waals surface area contributed by atoms with Gasteiger partial charge in [-0.3, -0.25) is 19.6 Å². The number of halogens is 2. The van der Waals surface area contributed by atoms with Gasteiger partial charge < -0.3 is 16.4 Å². The molecule has 4 rings (SSSR count). The number of hydrogen-bond acceptors (Lipinski definition) is 5. The second kappa shape index (κ2) is 13.2. The summed E-state index contributed by atoms with van der Waals surface area (Å²) in [5.41, 5.74) is 7.82. The monoisotopic (exact) mass is 534 g/mol. The van der Waals surface area contributed by atoms with Crippen LogP contribution in [0.5, 0.6) is 0 Å². The van der Waals surface area contributed by atoms with Gasteiger partial charge in [0, 0.05) is 13.1 Å². The van der Waals surface area contributed by atoms with Crippen molar-refractivity contribution in [1.82, 2.24) is 14.9 Å². The van der Waals surface area contributed by atoms with Gasteiger partial charge in [-0.1, -0.05) is 66.7 Å². The lowest BCUT2D eigenvalue weighted by atomic mass is 10.1. The van der Waals surface area contributed by atoms with E-state index in [1.165, 1.54) is 16.7 Å². The first-order valence-corrected chi connectivity index (χ1v) is 11.7. The third-order valence-electron chi connectivity index (χ3n) is 5.79. The topological polar surface area (TPSA) is 126 Å². The fourth-order valence-corrected chi connectivity index (χ4v) is 3.86. The third-order valence-corrected chi connectivity index (χ3v) is 5.79. The summed E-state index contributed by atoms with van der Waals surface area (Å²) < 4.78 is 15.5. The lowest BCUT2D eigenvalue weighted by molar-refractivity contribution is -0.121. The number of hydrogen-bond donors (Lipinski definition) is 4. The summed E-state index contributed by atoms with van der Waals surface area (Å²) in [5.74, 6) is -1.27. The predicted molar refractivity (Wildman–Crippen MR) is 149 cm³/mol. The van der Waals surface area contributed by atoms with Gasteiger partial charge in [-0.05, 0) is 35.2 Å². The van der Waals surface area contributed by atoms with Crippen LogP contribution in [-0.2, 0) is 24.3 Å². The summed E-state index contributed by atoms with van der Waals surface area (Å²) in [7, 11) is 0. The highest BCUT2D eigenvalue weighted by Gasteiger charge is 2.15. The van der Waals surface area contributed by atoms with Crippen molar-refractivity contribution >= 4 is 30.0 Å². The molecule has 1 aromatic heterocycles. The van der Waals surface area contributed by atoms with Gasteiger partial charge in [-0.25, -0.2) is 9.37 Å². The first kappa shape index (κ1) is 28.1. The van der Waals surface area contributed by atoms with Crippen LogP contribution < -0.4 is 21.9 Å². The maximum absolute atomic E-state index is 14.1. The van der Waals surface area contributed by atoms with E-state index >= 15 is 0 Å². The van der Waals surface area contributed by atoms with E-state index in [2.05, 4.69) is 15.6 Å². The minimum Gasteiger partial charge on any atom is -0.384 e. The summed E-state index contributed by atoms with van der Waals surface area (Å²) in [4.78, 5) is 30.5. The second-order valence-electron chi connectivity index (χ2n) is 8.42. The molecule has 0 atom stereocenters. The third kappa shape index (κ3) is 7.04. The number of nitrogen functional groups attached to an aromatic ring is 1. The molecule has 0 radical (unpaired) electrons. The van der Waals surface area contributed by atoms with Crippen LogP contribution >= 0.6 is 12.4 Å². The quantitative estimate of drug-likeness (QED) is 0.182. The lowest BCUT2D eigenvalue weighted by Gasteiger charge is -2.15. The maximum atomic E-state index is 14.1. The molecule has 1 heterocycles. The number of benzene rings is 3. The average Bonchev–Trinajstić information content (AvgIpc) is 2.90. The van der Waals surface area contributed by atoms with E-state index in [-0.39, 0.29) is 42.7 Å². The van der Waals surface area contributed by atoms with Crippen molar-refractivity contribution in [3.8, 4) is 11.3 Å². The van der Waals surface area contributed by atoms with E-state index in [0.717, 1.165) is 11.1 Å². The van der Waals surface area contributed by atoms with Crippen molar-refractivity contribution in [2.75, 3.05) is 11.9 Å². The van der Waals surface area contributed by atoms with Crippen molar-refractivity contribution in [2.45, 2.75) is 19.5 Å². The van der Waals surface area contributed by atoms with Gasteiger partial charge in [-0.15, -0.1) is 12.4 Å². The minimum atomic E-state index is -0.637. The standard InChI is InChI=1S/C28H27FN6O2.ClH/c29-23-15-20(11-12-22(23)26(30)31)16-33-25(36)18-35-24(21-9-5-2-6-10-21)17-34-27(28(35)37)32-14-13-19-7-3-1-4-8-19;/h1-12,15,17H,13-14,16,18H2,(H3,30,31)(H,32,34)(H,33,36);1H. The highest BCUT2D eigenvalue weighted by atomic mass is 35.5. The van der Waals surface area contributed by atoms with Gasteiger partial charge in [0.05, 0.1) is 17.5 Å². The Labute approximate surface area is 225 Å². The normalized spacial score (nSPS) is 10.3. The van der Waals surface area contributed by atoms with Gasteiger partial charge in [0.2, 0.25) is 5.91 Å². The zero-order chi connectivity index (χ0) is 26.2. The molecule has 0 aliphatic carbocycles. The van der Waals surface area contributed by atoms with Gasteiger partial charge in [-0.2, -0.15) is 0 Å². The number of amides is 1. The van der Waals surface area contributed by atoms with Crippen LogP contribution in [0.25, 0.3) is 11.3 Å². The zero-order valence-electron chi connectivity index (χ0n) is 20.5.